The zero-order valence-corrected chi connectivity index (χ0v) is 18.6. The number of amides is 2. The molecule has 0 aromatic carbocycles. The molecule has 1 heterocycles. The number of ether oxygens (including phenoxy) is 2. The first-order chi connectivity index (χ1) is 12.9. The maximum Gasteiger partial charge on any atom is 0.410 e. The highest BCUT2D eigenvalue weighted by molar-refractivity contribution is 5.81. The third-order valence-electron chi connectivity index (χ3n) is 4.34. The molecule has 0 aromatic rings. The third kappa shape index (κ3) is 8.93. The van der Waals surface area contributed by atoms with Crippen LogP contribution >= 0.6 is 0 Å². The van der Waals surface area contributed by atoms with E-state index in [1.54, 1.807) is 9.80 Å². The van der Waals surface area contributed by atoms with Gasteiger partial charge in [0.15, 0.2) is 6.61 Å². The molecule has 1 aliphatic heterocycles. The Labute approximate surface area is 169 Å². The standard InChI is InChI=1S/C21H38N2O5/c1-15(2)12-23(13-16(3)4)18(24)14-27-19(25)17-8-10-22(11-9-17)20(26)28-21(5,6)7/h15-17H,8-14H2,1-7H3. The molecule has 0 N–H and O–H groups in total. The molecule has 1 rings (SSSR count). The SMILES string of the molecule is CC(C)CN(CC(C)C)C(=O)COC(=O)C1CCN(C(=O)OC(C)(C)C)CC1. The maximum atomic E-state index is 12.5. The molecule has 0 aliphatic carbocycles. The molecule has 1 aliphatic rings. The number of hydrogen-bond acceptors (Lipinski definition) is 5. The van der Waals surface area contributed by atoms with Crippen LogP contribution in [0, 0.1) is 17.8 Å². The van der Waals surface area contributed by atoms with Crippen LogP contribution in [0.2, 0.25) is 0 Å². The monoisotopic (exact) mass is 398 g/mol. The number of hydrogen-bond donors (Lipinski definition) is 0. The van der Waals surface area contributed by atoms with Crippen LogP contribution in [-0.2, 0) is 19.1 Å². The second-order valence-corrected chi connectivity index (χ2v) is 9.44. The third-order valence-corrected chi connectivity index (χ3v) is 4.34. The summed E-state index contributed by atoms with van der Waals surface area (Å²) >= 11 is 0. The number of carbonyl (C=O) groups excluding carboxylic acids is 3. The molecule has 162 valence electrons. The summed E-state index contributed by atoms with van der Waals surface area (Å²) in [6, 6.07) is 0. The first kappa shape index (κ1) is 24.2. The van der Waals surface area contributed by atoms with Gasteiger partial charge in [-0.05, 0) is 45.4 Å². The molecule has 0 unspecified atom stereocenters. The van der Waals surface area contributed by atoms with Gasteiger partial charge in [0.2, 0.25) is 0 Å². The van der Waals surface area contributed by atoms with E-state index in [9.17, 15) is 14.4 Å². The molecule has 7 nitrogen and oxygen atoms in total. The van der Waals surface area contributed by atoms with E-state index in [0.29, 0.717) is 50.9 Å². The van der Waals surface area contributed by atoms with Crippen molar-refractivity contribution >= 4 is 18.0 Å². The quantitative estimate of drug-likeness (QED) is 0.615. The summed E-state index contributed by atoms with van der Waals surface area (Å²) in [5.41, 5.74) is -0.537. The van der Waals surface area contributed by atoms with Crippen molar-refractivity contribution < 1.29 is 23.9 Å². The number of esters is 1. The number of likely N-dealkylation sites (tertiary alicyclic amines) is 1. The molecule has 28 heavy (non-hydrogen) atoms. The lowest BCUT2D eigenvalue weighted by atomic mass is 9.97. The molecule has 7 heteroatoms. The van der Waals surface area contributed by atoms with Gasteiger partial charge < -0.3 is 19.3 Å². The van der Waals surface area contributed by atoms with E-state index in [4.69, 9.17) is 9.47 Å². The van der Waals surface area contributed by atoms with Crippen molar-refractivity contribution in [2.24, 2.45) is 17.8 Å². The molecule has 1 saturated heterocycles. The zero-order chi connectivity index (χ0) is 21.5. The molecule has 0 atom stereocenters. The highest BCUT2D eigenvalue weighted by Crippen LogP contribution is 2.21. The van der Waals surface area contributed by atoms with E-state index in [-0.39, 0.29) is 30.5 Å². The Morgan fingerprint density at radius 3 is 1.93 bits per heavy atom. The minimum Gasteiger partial charge on any atom is -0.455 e. The molecule has 0 spiro atoms. The number of rotatable bonds is 7. The van der Waals surface area contributed by atoms with Crippen molar-refractivity contribution in [3.8, 4) is 0 Å². The summed E-state index contributed by atoms with van der Waals surface area (Å²) in [5.74, 6) is -0.0746. The molecule has 0 radical (unpaired) electrons. The van der Waals surface area contributed by atoms with E-state index in [2.05, 4.69) is 27.7 Å². The normalized spacial score (nSPS) is 15.7. The van der Waals surface area contributed by atoms with Crippen molar-refractivity contribution in [3.63, 3.8) is 0 Å². The lowest BCUT2D eigenvalue weighted by molar-refractivity contribution is -0.157. The van der Waals surface area contributed by atoms with Gasteiger partial charge in [-0.25, -0.2) is 4.79 Å². The Morgan fingerprint density at radius 1 is 1.00 bits per heavy atom. The predicted molar refractivity (Wildman–Crippen MR) is 108 cm³/mol. The van der Waals surface area contributed by atoms with Crippen LogP contribution in [0.5, 0.6) is 0 Å². The van der Waals surface area contributed by atoms with Crippen LogP contribution in [0.1, 0.15) is 61.3 Å². The topological polar surface area (TPSA) is 76.2 Å². The summed E-state index contributed by atoms with van der Waals surface area (Å²) in [5, 5.41) is 0. The van der Waals surface area contributed by atoms with Crippen LogP contribution in [-0.4, -0.2) is 66.2 Å². The zero-order valence-electron chi connectivity index (χ0n) is 18.6. The van der Waals surface area contributed by atoms with Crippen molar-refractivity contribution in [2.45, 2.75) is 66.9 Å². The lowest BCUT2D eigenvalue weighted by Crippen LogP contribution is -2.44. The van der Waals surface area contributed by atoms with Gasteiger partial charge >= 0.3 is 12.1 Å². The Morgan fingerprint density at radius 2 is 1.50 bits per heavy atom. The van der Waals surface area contributed by atoms with Gasteiger partial charge in [-0.2, -0.15) is 0 Å². The van der Waals surface area contributed by atoms with Gasteiger partial charge in [-0.3, -0.25) is 9.59 Å². The Bertz CT molecular complexity index is 521. The summed E-state index contributed by atoms with van der Waals surface area (Å²) in [6.07, 6.45) is 0.689. The van der Waals surface area contributed by atoms with E-state index < -0.39 is 5.60 Å². The Balaban J connectivity index is 2.45. The Hall–Kier alpha value is -1.79. The summed E-state index contributed by atoms with van der Waals surface area (Å²) in [6.45, 7) is 15.7. The number of nitrogens with zero attached hydrogens (tertiary/aromatic N) is 2. The van der Waals surface area contributed by atoms with E-state index in [1.165, 1.54) is 0 Å². The van der Waals surface area contributed by atoms with Crippen molar-refractivity contribution in [3.05, 3.63) is 0 Å². The second-order valence-electron chi connectivity index (χ2n) is 9.44. The van der Waals surface area contributed by atoms with Gasteiger partial charge in [0.1, 0.15) is 5.60 Å². The molecule has 0 bridgehead atoms. The smallest absolute Gasteiger partial charge is 0.410 e. The van der Waals surface area contributed by atoms with Crippen LogP contribution in [0.4, 0.5) is 4.79 Å². The Kier molecular flexibility index (Phi) is 9.24. The van der Waals surface area contributed by atoms with Gasteiger partial charge in [0.25, 0.3) is 5.91 Å². The van der Waals surface area contributed by atoms with Crippen molar-refractivity contribution in [1.82, 2.24) is 9.80 Å². The molecular formula is C21H38N2O5. The molecular weight excluding hydrogens is 360 g/mol. The van der Waals surface area contributed by atoms with Gasteiger partial charge in [-0.15, -0.1) is 0 Å². The fourth-order valence-corrected chi connectivity index (χ4v) is 3.13. The molecule has 2 amide bonds. The van der Waals surface area contributed by atoms with E-state index >= 15 is 0 Å². The van der Waals surface area contributed by atoms with Crippen LogP contribution < -0.4 is 0 Å². The fourth-order valence-electron chi connectivity index (χ4n) is 3.13. The molecule has 0 saturated carbocycles. The summed E-state index contributed by atoms with van der Waals surface area (Å²) in [7, 11) is 0. The van der Waals surface area contributed by atoms with Crippen molar-refractivity contribution in [2.75, 3.05) is 32.8 Å². The highest BCUT2D eigenvalue weighted by Gasteiger charge is 2.31. The maximum absolute atomic E-state index is 12.5. The first-order valence-electron chi connectivity index (χ1n) is 10.3. The molecule has 0 aromatic heterocycles. The fraction of sp³-hybridized carbons (Fsp3) is 0.857. The number of carbonyl (C=O) groups is 3. The average Bonchev–Trinajstić information content (AvgIpc) is 2.56. The second kappa shape index (κ2) is 10.7. The largest absolute Gasteiger partial charge is 0.455 e. The van der Waals surface area contributed by atoms with Crippen molar-refractivity contribution in [1.29, 1.82) is 0 Å². The summed E-state index contributed by atoms with van der Waals surface area (Å²) < 4.78 is 10.7. The highest BCUT2D eigenvalue weighted by atomic mass is 16.6. The van der Waals surface area contributed by atoms with E-state index in [1.807, 2.05) is 20.8 Å². The average molecular weight is 399 g/mol. The van der Waals surface area contributed by atoms with Gasteiger partial charge in [0.05, 0.1) is 5.92 Å². The first-order valence-corrected chi connectivity index (χ1v) is 10.3. The summed E-state index contributed by atoms with van der Waals surface area (Å²) in [4.78, 5) is 40.3. The van der Waals surface area contributed by atoms with Gasteiger partial charge in [-0.1, -0.05) is 27.7 Å². The van der Waals surface area contributed by atoms with Crippen LogP contribution in [0.15, 0.2) is 0 Å². The minimum atomic E-state index is -0.537. The minimum absolute atomic E-state index is 0.151. The number of piperidine rings is 1. The van der Waals surface area contributed by atoms with Crippen LogP contribution in [0.3, 0.4) is 0 Å². The molecule has 1 fully saturated rings. The van der Waals surface area contributed by atoms with Gasteiger partial charge in [0, 0.05) is 26.2 Å². The predicted octanol–water partition coefficient (Wildman–Crippen LogP) is 3.32. The van der Waals surface area contributed by atoms with Crippen LogP contribution in [0.25, 0.3) is 0 Å². The lowest BCUT2D eigenvalue weighted by Gasteiger charge is -2.32. The van der Waals surface area contributed by atoms with E-state index in [0.717, 1.165) is 0 Å².